The molecule has 0 fully saturated rings. The zero-order valence-corrected chi connectivity index (χ0v) is 12.6. The maximum Gasteiger partial charge on any atom is 0.331 e. The van der Waals surface area contributed by atoms with E-state index in [1.807, 2.05) is 60.7 Å². The molecule has 0 aliphatic heterocycles. The van der Waals surface area contributed by atoms with Crippen molar-refractivity contribution in [3.63, 3.8) is 0 Å². The van der Waals surface area contributed by atoms with Crippen molar-refractivity contribution in [3.05, 3.63) is 72.1 Å². The van der Waals surface area contributed by atoms with Gasteiger partial charge in [-0.05, 0) is 6.92 Å². The highest BCUT2D eigenvalue weighted by molar-refractivity contribution is 5.91. The number of aliphatic carboxylic acids is 1. The Morgan fingerprint density at radius 3 is 2.13 bits per heavy atom. The average Bonchev–Trinajstić information content (AvgIpc) is 3.00. The van der Waals surface area contributed by atoms with Gasteiger partial charge in [-0.2, -0.15) is 0 Å². The third-order valence-electron chi connectivity index (χ3n) is 3.40. The van der Waals surface area contributed by atoms with Crippen LogP contribution in [0.4, 0.5) is 0 Å². The second kappa shape index (κ2) is 6.32. The Labute approximate surface area is 133 Å². The van der Waals surface area contributed by atoms with E-state index in [-0.39, 0.29) is 11.5 Å². The van der Waals surface area contributed by atoms with Crippen molar-refractivity contribution in [2.75, 3.05) is 0 Å². The lowest BCUT2D eigenvalue weighted by molar-refractivity contribution is -0.132. The number of carboxylic acids is 1. The summed E-state index contributed by atoms with van der Waals surface area (Å²) in [6.07, 6.45) is 1.43. The maximum atomic E-state index is 11.0. The minimum absolute atomic E-state index is 0.172. The van der Waals surface area contributed by atoms with Crippen LogP contribution in [0.15, 0.2) is 70.7 Å². The molecule has 1 aromatic heterocycles. The molecule has 0 saturated heterocycles. The largest absolute Gasteiger partial charge is 0.478 e. The van der Waals surface area contributed by atoms with E-state index in [1.54, 1.807) is 0 Å². The first-order valence-corrected chi connectivity index (χ1v) is 7.18. The molecule has 0 saturated carbocycles. The van der Waals surface area contributed by atoms with E-state index in [2.05, 4.69) is 4.98 Å². The van der Waals surface area contributed by atoms with Gasteiger partial charge in [0.2, 0.25) is 5.89 Å². The van der Waals surface area contributed by atoms with Crippen LogP contribution in [0.3, 0.4) is 0 Å². The molecule has 4 heteroatoms. The molecule has 0 spiro atoms. The van der Waals surface area contributed by atoms with Gasteiger partial charge in [0.1, 0.15) is 5.69 Å². The Kier molecular flexibility index (Phi) is 4.06. The summed E-state index contributed by atoms with van der Waals surface area (Å²) in [5, 5.41) is 9.02. The molecule has 114 valence electrons. The van der Waals surface area contributed by atoms with Crippen LogP contribution in [-0.2, 0) is 4.79 Å². The number of hydrogen-bond donors (Lipinski definition) is 1. The molecular formula is C19H15NO3. The molecule has 23 heavy (non-hydrogen) atoms. The number of carbonyl (C=O) groups is 1. The van der Waals surface area contributed by atoms with Gasteiger partial charge in [-0.3, -0.25) is 0 Å². The lowest BCUT2D eigenvalue weighted by Crippen LogP contribution is -1.95. The first-order chi connectivity index (χ1) is 11.1. The molecule has 0 amide bonds. The molecule has 3 aromatic rings. The highest BCUT2D eigenvalue weighted by Crippen LogP contribution is 2.33. The maximum absolute atomic E-state index is 11.0. The summed E-state index contributed by atoms with van der Waals surface area (Å²) in [7, 11) is 0. The van der Waals surface area contributed by atoms with Crippen LogP contribution in [0, 0.1) is 0 Å². The number of aromatic nitrogens is 1. The number of rotatable bonds is 4. The number of oxazole rings is 1. The Bertz CT molecular complexity index is 792. The van der Waals surface area contributed by atoms with Gasteiger partial charge in [0.15, 0.2) is 5.76 Å². The van der Waals surface area contributed by atoms with Crippen molar-refractivity contribution in [1.82, 2.24) is 4.98 Å². The van der Waals surface area contributed by atoms with Crippen LogP contribution >= 0.6 is 0 Å². The molecule has 1 heterocycles. The smallest absolute Gasteiger partial charge is 0.331 e. The van der Waals surface area contributed by atoms with Crippen LogP contribution in [0.2, 0.25) is 0 Å². The van der Waals surface area contributed by atoms with Crippen LogP contribution in [0.25, 0.3) is 28.7 Å². The van der Waals surface area contributed by atoms with Gasteiger partial charge < -0.3 is 9.52 Å². The van der Waals surface area contributed by atoms with Crippen molar-refractivity contribution in [2.45, 2.75) is 6.92 Å². The van der Waals surface area contributed by atoms with E-state index in [4.69, 9.17) is 9.52 Å². The first kappa shape index (κ1) is 14.8. The van der Waals surface area contributed by atoms with Gasteiger partial charge in [-0.15, -0.1) is 0 Å². The molecule has 0 bridgehead atoms. The number of hydrogen-bond acceptors (Lipinski definition) is 3. The zero-order valence-electron chi connectivity index (χ0n) is 12.6. The number of carboxylic acid groups (broad SMARTS) is 1. The topological polar surface area (TPSA) is 63.3 Å². The van der Waals surface area contributed by atoms with Gasteiger partial charge in [0, 0.05) is 22.8 Å². The van der Waals surface area contributed by atoms with Crippen molar-refractivity contribution < 1.29 is 14.3 Å². The molecule has 0 aliphatic rings. The van der Waals surface area contributed by atoms with E-state index in [9.17, 15) is 4.79 Å². The van der Waals surface area contributed by atoms with E-state index in [1.165, 1.54) is 13.0 Å². The predicted octanol–water partition coefficient (Wildman–Crippen LogP) is 4.50. The quantitative estimate of drug-likeness (QED) is 0.721. The normalized spacial score (nSPS) is 11.4. The Hall–Kier alpha value is -3.14. The van der Waals surface area contributed by atoms with Crippen molar-refractivity contribution in [2.24, 2.45) is 0 Å². The van der Waals surface area contributed by atoms with E-state index >= 15 is 0 Å². The SMILES string of the molecule is C/C(=C\c1nc(-c2ccccc2)c(-c2ccccc2)o1)C(=O)O. The van der Waals surface area contributed by atoms with Gasteiger partial charge in [-0.25, -0.2) is 9.78 Å². The number of benzene rings is 2. The summed E-state index contributed by atoms with van der Waals surface area (Å²) in [6.45, 7) is 1.51. The van der Waals surface area contributed by atoms with Crippen molar-refractivity contribution in [3.8, 4) is 22.6 Å². The summed E-state index contributed by atoms with van der Waals surface area (Å²) in [6, 6.07) is 19.3. The summed E-state index contributed by atoms with van der Waals surface area (Å²) < 4.78 is 5.83. The van der Waals surface area contributed by atoms with E-state index in [0.717, 1.165) is 11.1 Å². The van der Waals surface area contributed by atoms with E-state index in [0.29, 0.717) is 11.5 Å². The third-order valence-corrected chi connectivity index (χ3v) is 3.40. The fourth-order valence-electron chi connectivity index (χ4n) is 2.22. The van der Waals surface area contributed by atoms with Crippen LogP contribution in [0.5, 0.6) is 0 Å². The highest BCUT2D eigenvalue weighted by atomic mass is 16.4. The second-order valence-corrected chi connectivity index (χ2v) is 5.09. The molecule has 2 aromatic carbocycles. The molecule has 0 aliphatic carbocycles. The summed E-state index contributed by atoms with van der Waals surface area (Å²) in [4.78, 5) is 15.5. The second-order valence-electron chi connectivity index (χ2n) is 5.09. The third kappa shape index (κ3) is 3.21. The fraction of sp³-hybridized carbons (Fsp3) is 0.0526. The van der Waals surface area contributed by atoms with Crippen molar-refractivity contribution >= 4 is 12.0 Å². The van der Waals surface area contributed by atoms with Gasteiger partial charge in [-0.1, -0.05) is 60.7 Å². The van der Waals surface area contributed by atoms with Gasteiger partial charge in [0.25, 0.3) is 0 Å². The van der Waals surface area contributed by atoms with Crippen LogP contribution in [0.1, 0.15) is 12.8 Å². The Balaban J connectivity index is 2.15. The van der Waals surface area contributed by atoms with Gasteiger partial charge >= 0.3 is 5.97 Å². The van der Waals surface area contributed by atoms with Crippen LogP contribution < -0.4 is 0 Å². The van der Waals surface area contributed by atoms with Gasteiger partial charge in [0.05, 0.1) is 0 Å². The standard InChI is InChI=1S/C19H15NO3/c1-13(19(21)22)12-16-20-17(14-8-4-2-5-9-14)18(23-16)15-10-6-3-7-11-15/h2-12H,1H3,(H,21,22)/b13-12+. The summed E-state index contributed by atoms with van der Waals surface area (Å²) in [5.41, 5.74) is 2.68. The molecule has 0 radical (unpaired) electrons. The first-order valence-electron chi connectivity index (χ1n) is 7.18. The fourth-order valence-corrected chi connectivity index (χ4v) is 2.22. The predicted molar refractivity (Wildman–Crippen MR) is 88.7 cm³/mol. The highest BCUT2D eigenvalue weighted by Gasteiger charge is 2.16. The lowest BCUT2D eigenvalue weighted by Gasteiger charge is -2.00. The molecule has 0 unspecified atom stereocenters. The molecular weight excluding hydrogens is 290 g/mol. The monoisotopic (exact) mass is 305 g/mol. The Morgan fingerprint density at radius 2 is 1.57 bits per heavy atom. The molecule has 4 nitrogen and oxygen atoms in total. The lowest BCUT2D eigenvalue weighted by atomic mass is 10.1. The van der Waals surface area contributed by atoms with Crippen molar-refractivity contribution in [1.29, 1.82) is 0 Å². The zero-order chi connectivity index (χ0) is 16.2. The minimum Gasteiger partial charge on any atom is -0.478 e. The van der Waals surface area contributed by atoms with Crippen LogP contribution in [-0.4, -0.2) is 16.1 Å². The molecule has 3 rings (SSSR count). The minimum atomic E-state index is -0.995. The molecule has 0 atom stereocenters. The average molecular weight is 305 g/mol. The summed E-state index contributed by atoms with van der Waals surface area (Å²) in [5.74, 6) is -0.0884. The van der Waals surface area contributed by atoms with E-state index < -0.39 is 5.97 Å². The number of nitrogens with zero attached hydrogens (tertiary/aromatic N) is 1. The molecule has 1 N–H and O–H groups in total. The Morgan fingerprint density at radius 1 is 1.00 bits per heavy atom. The summed E-state index contributed by atoms with van der Waals surface area (Å²) >= 11 is 0.